The van der Waals surface area contributed by atoms with Gasteiger partial charge in [0.1, 0.15) is 5.75 Å². The number of nitrogens with zero attached hydrogens (tertiary/aromatic N) is 1. The SMILES string of the molecule is CCN(CC)CCCOc1ccc(NC(=O)C2(c3ccc(Cl)cc3Cl)CCCC2)cc1. The minimum Gasteiger partial charge on any atom is -0.494 e. The van der Waals surface area contributed by atoms with Gasteiger partial charge in [-0.15, -0.1) is 0 Å². The fraction of sp³-hybridized carbons (Fsp3) is 0.480. The second kappa shape index (κ2) is 11.2. The second-order valence-corrected chi connectivity index (χ2v) is 8.96. The average molecular weight is 463 g/mol. The molecule has 4 nitrogen and oxygen atoms in total. The van der Waals surface area contributed by atoms with E-state index in [2.05, 4.69) is 24.1 Å². The van der Waals surface area contributed by atoms with Gasteiger partial charge in [0.15, 0.2) is 0 Å². The van der Waals surface area contributed by atoms with Crippen LogP contribution in [0.15, 0.2) is 42.5 Å². The lowest BCUT2D eigenvalue weighted by molar-refractivity contribution is -0.121. The molecule has 0 aliphatic heterocycles. The Morgan fingerprint density at radius 2 is 1.74 bits per heavy atom. The number of rotatable bonds is 10. The first-order chi connectivity index (χ1) is 15.0. The van der Waals surface area contributed by atoms with Crippen LogP contribution in [0.4, 0.5) is 5.69 Å². The molecule has 1 amide bonds. The van der Waals surface area contributed by atoms with Crippen LogP contribution in [0, 0.1) is 0 Å². The van der Waals surface area contributed by atoms with Gasteiger partial charge >= 0.3 is 0 Å². The van der Waals surface area contributed by atoms with E-state index in [1.165, 1.54) is 0 Å². The summed E-state index contributed by atoms with van der Waals surface area (Å²) in [5.74, 6) is 0.802. The zero-order chi connectivity index (χ0) is 22.3. The van der Waals surface area contributed by atoms with Crippen molar-refractivity contribution in [3.05, 3.63) is 58.1 Å². The van der Waals surface area contributed by atoms with Crippen LogP contribution in [0.1, 0.15) is 51.5 Å². The molecule has 168 valence electrons. The fourth-order valence-corrected chi connectivity index (χ4v) is 4.97. The zero-order valence-corrected chi connectivity index (χ0v) is 19.9. The van der Waals surface area contributed by atoms with Gasteiger partial charge < -0.3 is 15.0 Å². The normalized spacial score (nSPS) is 15.3. The molecule has 3 rings (SSSR count). The standard InChI is InChI=1S/C25H32Cl2N2O2/c1-3-29(4-2)16-7-17-31-21-11-9-20(10-12-21)28-24(30)25(14-5-6-15-25)22-13-8-19(26)18-23(22)27/h8-13,18H,3-7,14-17H2,1-2H3,(H,28,30). The lowest BCUT2D eigenvalue weighted by atomic mass is 9.78. The van der Waals surface area contributed by atoms with Gasteiger partial charge in [-0.1, -0.05) is 56.0 Å². The van der Waals surface area contributed by atoms with Crippen LogP contribution in [0.3, 0.4) is 0 Å². The van der Waals surface area contributed by atoms with E-state index in [4.69, 9.17) is 27.9 Å². The first-order valence-corrected chi connectivity index (χ1v) is 12.0. The summed E-state index contributed by atoms with van der Waals surface area (Å²) >= 11 is 12.6. The highest BCUT2D eigenvalue weighted by Crippen LogP contribution is 2.45. The predicted molar refractivity (Wildman–Crippen MR) is 130 cm³/mol. The van der Waals surface area contributed by atoms with E-state index in [1.54, 1.807) is 6.07 Å². The smallest absolute Gasteiger partial charge is 0.235 e. The minimum absolute atomic E-state index is 0.0119. The summed E-state index contributed by atoms with van der Waals surface area (Å²) in [6.07, 6.45) is 4.58. The predicted octanol–water partition coefficient (Wildman–Crippen LogP) is 6.55. The van der Waals surface area contributed by atoms with Crippen LogP contribution in [-0.2, 0) is 10.2 Å². The van der Waals surface area contributed by atoms with E-state index < -0.39 is 5.41 Å². The highest BCUT2D eigenvalue weighted by molar-refractivity contribution is 6.35. The van der Waals surface area contributed by atoms with Crippen LogP contribution in [0.2, 0.25) is 10.0 Å². The molecule has 6 heteroatoms. The molecule has 0 radical (unpaired) electrons. The maximum absolute atomic E-state index is 13.4. The van der Waals surface area contributed by atoms with Crippen molar-refractivity contribution in [1.29, 1.82) is 0 Å². The summed E-state index contributed by atoms with van der Waals surface area (Å²) < 4.78 is 5.85. The Hall–Kier alpha value is -1.75. The fourth-order valence-electron chi connectivity index (χ4n) is 4.38. The van der Waals surface area contributed by atoms with E-state index in [1.807, 2.05) is 36.4 Å². The van der Waals surface area contributed by atoms with Crippen molar-refractivity contribution < 1.29 is 9.53 Å². The van der Waals surface area contributed by atoms with Gasteiger partial charge in [0.2, 0.25) is 5.91 Å². The van der Waals surface area contributed by atoms with Crippen molar-refractivity contribution in [2.75, 3.05) is 31.6 Å². The van der Waals surface area contributed by atoms with E-state index in [0.29, 0.717) is 16.7 Å². The molecule has 0 spiro atoms. The lowest BCUT2D eigenvalue weighted by Gasteiger charge is -2.29. The number of nitrogens with one attached hydrogen (secondary N) is 1. The molecule has 0 aromatic heterocycles. The second-order valence-electron chi connectivity index (χ2n) is 8.12. The summed E-state index contributed by atoms with van der Waals surface area (Å²) in [5, 5.41) is 4.23. The molecule has 0 atom stereocenters. The molecule has 31 heavy (non-hydrogen) atoms. The molecule has 1 aliphatic rings. The number of anilines is 1. The quantitative estimate of drug-likeness (QED) is 0.406. The topological polar surface area (TPSA) is 41.6 Å². The lowest BCUT2D eigenvalue weighted by Crippen LogP contribution is -2.38. The van der Waals surface area contributed by atoms with Gasteiger partial charge in [0.05, 0.1) is 12.0 Å². The van der Waals surface area contributed by atoms with Crippen molar-refractivity contribution in [2.45, 2.75) is 51.4 Å². The Bertz CT molecular complexity index is 860. The highest BCUT2D eigenvalue weighted by atomic mass is 35.5. The van der Waals surface area contributed by atoms with E-state index >= 15 is 0 Å². The number of carbonyl (C=O) groups excluding carboxylic acids is 1. The molecule has 0 unspecified atom stereocenters. The number of hydrogen-bond donors (Lipinski definition) is 1. The maximum Gasteiger partial charge on any atom is 0.235 e. The van der Waals surface area contributed by atoms with E-state index in [0.717, 1.165) is 68.7 Å². The van der Waals surface area contributed by atoms with Gasteiger partial charge in [-0.3, -0.25) is 4.79 Å². The highest BCUT2D eigenvalue weighted by Gasteiger charge is 2.44. The van der Waals surface area contributed by atoms with Gasteiger partial charge in [-0.05, 0) is 74.3 Å². The van der Waals surface area contributed by atoms with Crippen molar-refractivity contribution >= 4 is 34.8 Å². The molecule has 2 aromatic rings. The van der Waals surface area contributed by atoms with Crippen LogP contribution in [0.25, 0.3) is 0 Å². The third-order valence-electron chi connectivity index (χ3n) is 6.23. The number of benzene rings is 2. The summed E-state index contributed by atoms with van der Waals surface area (Å²) in [4.78, 5) is 15.7. The summed E-state index contributed by atoms with van der Waals surface area (Å²) in [6, 6.07) is 13.0. The van der Waals surface area contributed by atoms with Gasteiger partial charge in [0.25, 0.3) is 0 Å². The molecule has 0 bridgehead atoms. The zero-order valence-electron chi connectivity index (χ0n) is 18.4. The maximum atomic E-state index is 13.4. The molecule has 1 N–H and O–H groups in total. The van der Waals surface area contributed by atoms with Gasteiger partial charge in [-0.25, -0.2) is 0 Å². The number of halogens is 2. The third-order valence-corrected chi connectivity index (χ3v) is 6.78. The van der Waals surface area contributed by atoms with Gasteiger partial charge in [-0.2, -0.15) is 0 Å². The largest absolute Gasteiger partial charge is 0.494 e. The van der Waals surface area contributed by atoms with Crippen LogP contribution >= 0.6 is 23.2 Å². The molecule has 0 saturated heterocycles. The van der Waals surface area contributed by atoms with Crippen molar-refractivity contribution in [1.82, 2.24) is 4.90 Å². The number of carbonyl (C=O) groups is 1. The van der Waals surface area contributed by atoms with E-state index in [-0.39, 0.29) is 5.91 Å². The third kappa shape index (κ3) is 5.94. The van der Waals surface area contributed by atoms with Gasteiger partial charge in [0, 0.05) is 22.3 Å². The Morgan fingerprint density at radius 3 is 2.35 bits per heavy atom. The molecule has 1 saturated carbocycles. The molecule has 1 aliphatic carbocycles. The Kier molecular flexibility index (Phi) is 8.65. The number of amides is 1. The summed E-state index contributed by atoms with van der Waals surface area (Å²) in [6.45, 7) is 8.19. The molecular weight excluding hydrogens is 431 g/mol. The Balaban J connectivity index is 1.61. The molecular formula is C25H32Cl2N2O2. The number of hydrogen-bond acceptors (Lipinski definition) is 3. The average Bonchev–Trinajstić information content (AvgIpc) is 3.26. The van der Waals surface area contributed by atoms with Crippen LogP contribution < -0.4 is 10.1 Å². The Labute approximate surface area is 195 Å². The molecule has 2 aromatic carbocycles. The van der Waals surface area contributed by atoms with Crippen LogP contribution in [0.5, 0.6) is 5.75 Å². The van der Waals surface area contributed by atoms with Crippen molar-refractivity contribution in [3.8, 4) is 5.75 Å². The molecule has 0 heterocycles. The van der Waals surface area contributed by atoms with Crippen molar-refractivity contribution in [2.24, 2.45) is 0 Å². The monoisotopic (exact) mass is 462 g/mol. The summed E-state index contributed by atoms with van der Waals surface area (Å²) in [7, 11) is 0. The van der Waals surface area contributed by atoms with Crippen LogP contribution in [-0.4, -0.2) is 37.0 Å². The number of ether oxygens (including phenoxy) is 1. The first-order valence-electron chi connectivity index (χ1n) is 11.2. The summed E-state index contributed by atoms with van der Waals surface area (Å²) in [5.41, 5.74) is 1.01. The first kappa shape index (κ1) is 23.9. The minimum atomic E-state index is -0.610. The van der Waals surface area contributed by atoms with E-state index in [9.17, 15) is 4.79 Å². The van der Waals surface area contributed by atoms with Crippen molar-refractivity contribution in [3.63, 3.8) is 0 Å². The Morgan fingerprint density at radius 1 is 1.06 bits per heavy atom. The molecule has 1 fully saturated rings.